The molecule has 1 aromatic heterocycles. The number of amides is 1. The van der Waals surface area contributed by atoms with Gasteiger partial charge in [-0.3, -0.25) is 9.59 Å². The molecule has 0 radical (unpaired) electrons. The second-order valence-corrected chi connectivity index (χ2v) is 4.56. The van der Waals surface area contributed by atoms with Crippen LogP contribution < -0.4 is 10.6 Å². The minimum Gasteiger partial charge on any atom is -0.348 e. The average Bonchev–Trinajstić information content (AvgIpc) is 2.53. The fourth-order valence-corrected chi connectivity index (χ4v) is 1.72. The molecule has 0 aliphatic carbocycles. The van der Waals surface area contributed by atoms with Gasteiger partial charge in [-0.25, -0.2) is 9.97 Å². The smallest absolute Gasteiger partial charge is 0.254 e. The number of rotatable bonds is 6. The van der Waals surface area contributed by atoms with Crippen LogP contribution >= 0.6 is 0 Å². The number of ketones is 1. The highest BCUT2D eigenvalue weighted by Gasteiger charge is 2.06. The quantitative estimate of drug-likeness (QED) is 0.631. The normalized spacial score (nSPS) is 9.86. The van der Waals surface area contributed by atoms with Gasteiger partial charge in [0.25, 0.3) is 5.91 Å². The van der Waals surface area contributed by atoms with Gasteiger partial charge in [-0.2, -0.15) is 0 Å². The van der Waals surface area contributed by atoms with Crippen LogP contribution in [-0.4, -0.2) is 28.2 Å². The molecule has 0 atom stereocenters. The van der Waals surface area contributed by atoms with Crippen LogP contribution in [0.5, 0.6) is 0 Å². The van der Waals surface area contributed by atoms with E-state index in [4.69, 9.17) is 0 Å². The zero-order chi connectivity index (χ0) is 15.9. The lowest BCUT2D eigenvalue weighted by Gasteiger charge is -2.06. The van der Waals surface area contributed by atoms with Gasteiger partial charge in [0, 0.05) is 30.2 Å². The second kappa shape index (κ2) is 7.12. The van der Waals surface area contributed by atoms with Crippen molar-refractivity contribution in [2.45, 2.75) is 6.92 Å². The highest BCUT2D eigenvalue weighted by Crippen LogP contribution is 2.15. The summed E-state index contributed by atoms with van der Waals surface area (Å²) in [6.07, 6.45) is 4.46. The molecule has 22 heavy (non-hydrogen) atoms. The van der Waals surface area contributed by atoms with Crippen molar-refractivity contribution < 1.29 is 9.59 Å². The molecule has 0 saturated heterocycles. The van der Waals surface area contributed by atoms with E-state index in [-0.39, 0.29) is 11.7 Å². The summed E-state index contributed by atoms with van der Waals surface area (Å²) in [4.78, 5) is 31.2. The molecule has 0 fully saturated rings. The van der Waals surface area contributed by atoms with Crippen molar-refractivity contribution in [3.63, 3.8) is 0 Å². The second-order valence-electron chi connectivity index (χ2n) is 4.56. The Labute approximate surface area is 128 Å². The van der Waals surface area contributed by atoms with Gasteiger partial charge in [-0.05, 0) is 19.1 Å². The fraction of sp³-hybridized carbons (Fsp3) is 0.125. The molecular weight excluding hydrogens is 280 g/mol. The zero-order valence-electron chi connectivity index (χ0n) is 12.2. The van der Waals surface area contributed by atoms with Gasteiger partial charge in [-0.1, -0.05) is 18.2 Å². The Balaban J connectivity index is 2.08. The molecule has 6 heteroatoms. The van der Waals surface area contributed by atoms with E-state index in [9.17, 15) is 9.59 Å². The molecular formula is C16H16N4O2. The molecule has 1 heterocycles. The fourth-order valence-electron chi connectivity index (χ4n) is 1.72. The number of nitrogens with one attached hydrogen (secondary N) is 2. The monoisotopic (exact) mass is 296 g/mol. The number of carbonyl (C=O) groups is 2. The predicted octanol–water partition coefficient (Wildman–Crippen LogP) is 2.34. The van der Waals surface area contributed by atoms with Crippen molar-refractivity contribution in [2.75, 3.05) is 11.9 Å². The Morgan fingerprint density at radius 3 is 2.59 bits per heavy atom. The largest absolute Gasteiger partial charge is 0.348 e. The number of anilines is 2. The lowest BCUT2D eigenvalue weighted by molar-refractivity contribution is 0.0956. The van der Waals surface area contributed by atoms with Gasteiger partial charge < -0.3 is 10.6 Å². The van der Waals surface area contributed by atoms with Crippen molar-refractivity contribution >= 4 is 23.3 Å². The Hall–Kier alpha value is -3.02. The summed E-state index contributed by atoms with van der Waals surface area (Å²) < 4.78 is 0. The Morgan fingerprint density at radius 1 is 1.23 bits per heavy atom. The maximum Gasteiger partial charge on any atom is 0.254 e. The summed E-state index contributed by atoms with van der Waals surface area (Å²) in [5.74, 6) is 0.0739. The predicted molar refractivity (Wildman–Crippen MR) is 84.3 cm³/mol. The van der Waals surface area contributed by atoms with Crippen molar-refractivity contribution in [3.8, 4) is 0 Å². The summed E-state index contributed by atoms with van der Waals surface area (Å²) in [6, 6.07) is 7.04. The molecule has 0 bridgehead atoms. The first-order valence-electron chi connectivity index (χ1n) is 6.69. The summed E-state index contributed by atoms with van der Waals surface area (Å²) in [6.45, 7) is 5.42. The third kappa shape index (κ3) is 3.99. The summed E-state index contributed by atoms with van der Waals surface area (Å²) in [7, 11) is 0. The van der Waals surface area contributed by atoms with Crippen LogP contribution in [0.2, 0.25) is 0 Å². The van der Waals surface area contributed by atoms with Crippen LogP contribution in [0.15, 0.2) is 49.3 Å². The topological polar surface area (TPSA) is 84.0 Å². The molecule has 1 amide bonds. The van der Waals surface area contributed by atoms with E-state index in [1.807, 2.05) is 0 Å². The maximum atomic E-state index is 11.7. The maximum absolute atomic E-state index is 11.7. The highest BCUT2D eigenvalue weighted by molar-refractivity contribution is 5.95. The van der Waals surface area contributed by atoms with Crippen molar-refractivity contribution in [1.29, 1.82) is 0 Å². The van der Waals surface area contributed by atoms with Crippen molar-refractivity contribution in [3.05, 3.63) is 60.4 Å². The Bertz CT molecular complexity index is 696. The van der Waals surface area contributed by atoms with Crippen LogP contribution in [0.3, 0.4) is 0 Å². The molecule has 6 nitrogen and oxygen atoms in total. The summed E-state index contributed by atoms with van der Waals surface area (Å²) in [5, 5.41) is 5.63. The number of nitrogens with zero attached hydrogens (tertiary/aromatic N) is 2. The Kier molecular flexibility index (Phi) is 4.98. The molecule has 1 aromatic carbocycles. The van der Waals surface area contributed by atoms with Crippen LogP contribution in [0.1, 0.15) is 27.6 Å². The number of benzene rings is 1. The third-order valence-corrected chi connectivity index (χ3v) is 2.85. The van der Waals surface area contributed by atoms with E-state index >= 15 is 0 Å². The van der Waals surface area contributed by atoms with Gasteiger partial charge in [0.05, 0.1) is 5.56 Å². The minimum atomic E-state index is -0.259. The van der Waals surface area contributed by atoms with E-state index < -0.39 is 0 Å². The standard InChI is InChI=1S/C16H16N4O2/c1-3-7-17-15(22)13-9-18-16(19-10-13)20-14-6-4-5-12(8-14)11(2)21/h3-6,8-10H,1,7H2,2H3,(H,17,22)(H,18,19,20). The molecule has 0 saturated carbocycles. The van der Waals surface area contributed by atoms with E-state index in [0.29, 0.717) is 29.3 Å². The van der Waals surface area contributed by atoms with E-state index in [0.717, 1.165) is 0 Å². The molecule has 0 aliphatic rings. The first kappa shape index (κ1) is 15.4. The number of aromatic nitrogens is 2. The molecule has 2 N–H and O–H groups in total. The molecule has 2 aromatic rings. The van der Waals surface area contributed by atoms with Gasteiger partial charge in [0.2, 0.25) is 5.95 Å². The van der Waals surface area contributed by atoms with E-state index in [1.165, 1.54) is 19.3 Å². The van der Waals surface area contributed by atoms with Crippen LogP contribution in [-0.2, 0) is 0 Å². The molecule has 0 unspecified atom stereocenters. The number of hydrogen-bond donors (Lipinski definition) is 2. The highest BCUT2D eigenvalue weighted by atomic mass is 16.1. The SMILES string of the molecule is C=CCNC(=O)c1cnc(Nc2cccc(C(C)=O)c2)nc1. The average molecular weight is 296 g/mol. The van der Waals surface area contributed by atoms with Gasteiger partial charge in [0.1, 0.15) is 0 Å². The number of carbonyl (C=O) groups excluding carboxylic acids is 2. The third-order valence-electron chi connectivity index (χ3n) is 2.85. The Morgan fingerprint density at radius 2 is 1.95 bits per heavy atom. The van der Waals surface area contributed by atoms with E-state index in [1.54, 1.807) is 30.3 Å². The first-order valence-corrected chi connectivity index (χ1v) is 6.69. The summed E-state index contributed by atoms with van der Waals surface area (Å²) >= 11 is 0. The van der Waals surface area contributed by atoms with Crippen molar-refractivity contribution in [2.24, 2.45) is 0 Å². The van der Waals surface area contributed by atoms with Crippen LogP contribution in [0, 0.1) is 0 Å². The zero-order valence-corrected chi connectivity index (χ0v) is 12.2. The molecule has 0 aliphatic heterocycles. The molecule has 2 rings (SSSR count). The van der Waals surface area contributed by atoms with Crippen LogP contribution in [0.25, 0.3) is 0 Å². The summed E-state index contributed by atoms with van der Waals surface area (Å²) in [5.41, 5.74) is 1.67. The van der Waals surface area contributed by atoms with Crippen LogP contribution in [0.4, 0.5) is 11.6 Å². The number of hydrogen-bond acceptors (Lipinski definition) is 5. The van der Waals surface area contributed by atoms with Gasteiger partial charge in [0.15, 0.2) is 5.78 Å². The van der Waals surface area contributed by atoms with Gasteiger partial charge >= 0.3 is 0 Å². The van der Waals surface area contributed by atoms with E-state index in [2.05, 4.69) is 27.2 Å². The van der Waals surface area contributed by atoms with Crippen molar-refractivity contribution in [1.82, 2.24) is 15.3 Å². The first-order chi connectivity index (χ1) is 10.6. The number of Topliss-reactive ketones (excluding diaryl/α,β-unsaturated/α-hetero) is 1. The lowest BCUT2D eigenvalue weighted by atomic mass is 10.1. The molecule has 0 spiro atoms. The van der Waals surface area contributed by atoms with Gasteiger partial charge in [-0.15, -0.1) is 6.58 Å². The lowest BCUT2D eigenvalue weighted by Crippen LogP contribution is -2.23. The minimum absolute atomic E-state index is 0.0150. The molecule has 112 valence electrons.